The quantitative estimate of drug-likeness (QED) is 0.874. The molecule has 1 fully saturated rings. The molecule has 0 spiro atoms. The summed E-state index contributed by atoms with van der Waals surface area (Å²) in [5, 5.41) is 0. The monoisotopic (exact) mass is 237 g/mol. The van der Waals surface area contributed by atoms with Crippen molar-refractivity contribution in [3.8, 4) is 0 Å². The summed E-state index contributed by atoms with van der Waals surface area (Å²) >= 11 is 0. The van der Waals surface area contributed by atoms with Gasteiger partial charge >= 0.3 is 0 Å². The Morgan fingerprint density at radius 3 is 2.88 bits per heavy atom. The fraction of sp³-hybridized carbons (Fsp3) is 0.714. The molecule has 1 aromatic rings. The molecule has 2 rings (SSSR count). The molecule has 0 aromatic carbocycles. The van der Waals surface area contributed by atoms with Gasteiger partial charge in [-0.25, -0.2) is 0 Å². The summed E-state index contributed by atoms with van der Waals surface area (Å²) in [5.74, 6) is 2.27. The van der Waals surface area contributed by atoms with Crippen LogP contribution >= 0.6 is 0 Å². The van der Waals surface area contributed by atoms with Crippen LogP contribution in [0.4, 0.5) is 0 Å². The smallest absolute Gasteiger partial charge is 0.129 e. The van der Waals surface area contributed by atoms with Crippen LogP contribution in [0, 0.1) is 11.3 Å². The maximum absolute atomic E-state index is 6.35. The largest absolute Gasteiger partial charge is 0.462 e. The molecule has 0 amide bonds. The van der Waals surface area contributed by atoms with E-state index in [4.69, 9.17) is 14.9 Å². The summed E-state index contributed by atoms with van der Waals surface area (Å²) in [6, 6.07) is 3.96. The molecule has 0 aliphatic heterocycles. The first kappa shape index (κ1) is 12.7. The fourth-order valence-electron chi connectivity index (χ4n) is 3.01. The first-order valence-corrected chi connectivity index (χ1v) is 6.38. The van der Waals surface area contributed by atoms with E-state index in [2.05, 4.69) is 13.8 Å². The normalized spacial score (nSPS) is 25.1. The van der Waals surface area contributed by atoms with Gasteiger partial charge in [-0.1, -0.05) is 20.3 Å². The van der Waals surface area contributed by atoms with Gasteiger partial charge in [0.15, 0.2) is 0 Å². The standard InChI is InChI=1S/C14H23NO2/c1-14(2)8-4-5-11(14)13(15)12-7-6-10(17-12)9-16-3/h6-7,11,13H,4-5,8-9,15H2,1-3H3. The minimum absolute atomic E-state index is 0.0121. The van der Waals surface area contributed by atoms with Crippen molar-refractivity contribution in [2.45, 2.75) is 45.8 Å². The highest BCUT2D eigenvalue weighted by Gasteiger charge is 2.39. The second kappa shape index (κ2) is 4.83. The number of furan rings is 1. The molecule has 0 bridgehead atoms. The Morgan fingerprint density at radius 2 is 2.29 bits per heavy atom. The molecule has 1 saturated carbocycles. The lowest BCUT2D eigenvalue weighted by atomic mass is 9.77. The van der Waals surface area contributed by atoms with Crippen molar-refractivity contribution in [3.63, 3.8) is 0 Å². The fourth-order valence-corrected chi connectivity index (χ4v) is 3.01. The lowest BCUT2D eigenvalue weighted by Gasteiger charge is -2.30. The van der Waals surface area contributed by atoms with Crippen LogP contribution in [-0.2, 0) is 11.3 Å². The number of hydrogen-bond donors (Lipinski definition) is 1. The third-order valence-electron chi connectivity index (χ3n) is 4.07. The number of methoxy groups -OCH3 is 1. The van der Waals surface area contributed by atoms with E-state index < -0.39 is 0 Å². The second-order valence-corrected chi connectivity index (χ2v) is 5.75. The molecule has 1 aromatic heterocycles. The minimum Gasteiger partial charge on any atom is -0.462 e. The van der Waals surface area contributed by atoms with Crippen molar-refractivity contribution in [1.82, 2.24) is 0 Å². The highest BCUT2D eigenvalue weighted by atomic mass is 16.5. The Balaban J connectivity index is 2.10. The molecule has 3 heteroatoms. The summed E-state index contributed by atoms with van der Waals surface area (Å²) < 4.78 is 10.8. The third-order valence-corrected chi connectivity index (χ3v) is 4.07. The zero-order chi connectivity index (χ0) is 12.5. The van der Waals surface area contributed by atoms with Crippen LogP contribution in [0.1, 0.15) is 50.7 Å². The van der Waals surface area contributed by atoms with Crippen LogP contribution in [0.25, 0.3) is 0 Å². The molecular formula is C14H23NO2. The van der Waals surface area contributed by atoms with Gasteiger partial charge in [-0.15, -0.1) is 0 Å². The molecule has 0 radical (unpaired) electrons. The molecule has 2 N–H and O–H groups in total. The third kappa shape index (κ3) is 2.55. The number of rotatable bonds is 4. The van der Waals surface area contributed by atoms with Crippen molar-refractivity contribution in [2.24, 2.45) is 17.1 Å². The van der Waals surface area contributed by atoms with Crippen molar-refractivity contribution in [2.75, 3.05) is 7.11 Å². The summed E-state index contributed by atoms with van der Waals surface area (Å²) in [6.45, 7) is 5.13. The second-order valence-electron chi connectivity index (χ2n) is 5.75. The van der Waals surface area contributed by atoms with Gasteiger partial charge in [0.1, 0.15) is 18.1 Å². The first-order valence-electron chi connectivity index (χ1n) is 6.38. The average Bonchev–Trinajstić information content (AvgIpc) is 2.84. The molecule has 1 heterocycles. The first-order chi connectivity index (χ1) is 8.04. The van der Waals surface area contributed by atoms with Crippen molar-refractivity contribution in [1.29, 1.82) is 0 Å². The van der Waals surface area contributed by atoms with E-state index in [0.717, 1.165) is 11.5 Å². The van der Waals surface area contributed by atoms with Gasteiger partial charge in [0.25, 0.3) is 0 Å². The van der Waals surface area contributed by atoms with Crippen LogP contribution in [-0.4, -0.2) is 7.11 Å². The maximum atomic E-state index is 6.35. The molecule has 2 unspecified atom stereocenters. The van der Waals surface area contributed by atoms with Crippen LogP contribution < -0.4 is 5.73 Å². The lowest BCUT2D eigenvalue weighted by molar-refractivity contribution is 0.156. The molecule has 3 nitrogen and oxygen atoms in total. The molecule has 0 saturated heterocycles. The molecule has 1 aliphatic carbocycles. The predicted molar refractivity (Wildman–Crippen MR) is 67.5 cm³/mol. The van der Waals surface area contributed by atoms with E-state index in [1.807, 2.05) is 12.1 Å². The Hall–Kier alpha value is -0.800. The molecule has 1 aliphatic rings. The summed E-state index contributed by atoms with van der Waals surface area (Å²) in [5.41, 5.74) is 6.68. The van der Waals surface area contributed by atoms with Gasteiger partial charge in [0.2, 0.25) is 0 Å². The molecular weight excluding hydrogens is 214 g/mol. The topological polar surface area (TPSA) is 48.4 Å². The van der Waals surface area contributed by atoms with Gasteiger partial charge in [-0.2, -0.15) is 0 Å². The summed E-state index contributed by atoms with van der Waals surface area (Å²) in [7, 11) is 1.67. The Bertz CT molecular complexity index is 370. The van der Waals surface area contributed by atoms with Gasteiger partial charge in [-0.3, -0.25) is 0 Å². The zero-order valence-corrected chi connectivity index (χ0v) is 11.0. The van der Waals surface area contributed by atoms with Crippen LogP contribution in [0.5, 0.6) is 0 Å². The number of hydrogen-bond acceptors (Lipinski definition) is 3. The van der Waals surface area contributed by atoms with Crippen LogP contribution in [0.15, 0.2) is 16.5 Å². The zero-order valence-electron chi connectivity index (χ0n) is 11.0. The van der Waals surface area contributed by atoms with Gasteiger partial charge < -0.3 is 14.9 Å². The average molecular weight is 237 g/mol. The van der Waals surface area contributed by atoms with E-state index in [1.165, 1.54) is 19.3 Å². The Labute approximate surface area is 103 Å². The van der Waals surface area contributed by atoms with E-state index >= 15 is 0 Å². The maximum Gasteiger partial charge on any atom is 0.129 e. The van der Waals surface area contributed by atoms with Crippen molar-refractivity contribution >= 4 is 0 Å². The van der Waals surface area contributed by atoms with Crippen molar-refractivity contribution in [3.05, 3.63) is 23.7 Å². The Morgan fingerprint density at radius 1 is 1.53 bits per heavy atom. The van der Waals surface area contributed by atoms with Crippen molar-refractivity contribution < 1.29 is 9.15 Å². The highest BCUT2D eigenvalue weighted by Crippen LogP contribution is 2.47. The van der Waals surface area contributed by atoms with E-state index in [0.29, 0.717) is 17.9 Å². The van der Waals surface area contributed by atoms with E-state index in [1.54, 1.807) is 7.11 Å². The Kier molecular flexibility index (Phi) is 3.59. The van der Waals surface area contributed by atoms with E-state index in [9.17, 15) is 0 Å². The van der Waals surface area contributed by atoms with Gasteiger partial charge in [0, 0.05) is 7.11 Å². The minimum atomic E-state index is 0.0121. The van der Waals surface area contributed by atoms with Crippen LogP contribution in [0.3, 0.4) is 0 Å². The predicted octanol–water partition coefficient (Wildman–Crippen LogP) is 3.25. The summed E-state index contributed by atoms with van der Waals surface area (Å²) in [6.07, 6.45) is 3.74. The highest BCUT2D eigenvalue weighted by molar-refractivity contribution is 5.12. The van der Waals surface area contributed by atoms with Gasteiger partial charge in [0.05, 0.1) is 6.04 Å². The number of nitrogens with two attached hydrogens (primary N) is 1. The lowest BCUT2D eigenvalue weighted by Crippen LogP contribution is -2.29. The molecule has 96 valence electrons. The SMILES string of the molecule is COCc1ccc(C(N)C2CCCC2(C)C)o1. The molecule has 17 heavy (non-hydrogen) atoms. The van der Waals surface area contributed by atoms with Crippen LogP contribution in [0.2, 0.25) is 0 Å². The summed E-state index contributed by atoms with van der Waals surface area (Å²) in [4.78, 5) is 0. The van der Waals surface area contributed by atoms with Gasteiger partial charge in [-0.05, 0) is 36.3 Å². The van der Waals surface area contributed by atoms with E-state index in [-0.39, 0.29) is 6.04 Å². The number of ether oxygens (including phenoxy) is 1. The molecule has 2 atom stereocenters.